The van der Waals surface area contributed by atoms with Crippen molar-refractivity contribution in [3.63, 3.8) is 0 Å². The topological polar surface area (TPSA) is 38.5 Å². The van der Waals surface area contributed by atoms with Gasteiger partial charge in [-0.3, -0.25) is 0 Å². The highest BCUT2D eigenvalue weighted by Crippen LogP contribution is 2.32. The van der Waals surface area contributed by atoms with Crippen LogP contribution in [0.15, 0.2) is 12.1 Å². The second-order valence-electron chi connectivity index (χ2n) is 5.19. The maximum Gasteiger partial charge on any atom is 0.148 e. The van der Waals surface area contributed by atoms with Gasteiger partial charge in [-0.25, -0.2) is 4.39 Å². The minimum atomic E-state index is -0.303. The Morgan fingerprint density at radius 1 is 1.28 bits per heavy atom. The van der Waals surface area contributed by atoms with Gasteiger partial charge in [-0.05, 0) is 19.8 Å². The standard InChI is InChI=1S/C14H23FN2O/c1-9(2)8-17(10(3)4)13-7-14(18-5)12(16)6-11(13)15/h6-7,9-10H,8,16H2,1-5H3. The molecule has 0 amide bonds. The van der Waals surface area contributed by atoms with E-state index in [1.807, 2.05) is 18.7 Å². The fourth-order valence-electron chi connectivity index (χ4n) is 1.94. The van der Waals surface area contributed by atoms with Gasteiger partial charge in [0.05, 0.1) is 18.5 Å². The molecule has 18 heavy (non-hydrogen) atoms. The molecular formula is C14H23FN2O. The maximum atomic E-state index is 14.1. The van der Waals surface area contributed by atoms with Gasteiger partial charge in [0.1, 0.15) is 11.6 Å². The van der Waals surface area contributed by atoms with Crippen LogP contribution in [0.1, 0.15) is 27.7 Å². The van der Waals surface area contributed by atoms with Crippen molar-refractivity contribution in [2.24, 2.45) is 5.92 Å². The zero-order chi connectivity index (χ0) is 13.9. The second-order valence-corrected chi connectivity index (χ2v) is 5.19. The molecule has 0 aromatic heterocycles. The monoisotopic (exact) mass is 254 g/mol. The summed E-state index contributed by atoms with van der Waals surface area (Å²) in [5, 5.41) is 0. The minimum absolute atomic E-state index is 0.218. The van der Waals surface area contributed by atoms with E-state index in [-0.39, 0.29) is 11.9 Å². The van der Waals surface area contributed by atoms with Gasteiger partial charge in [0.25, 0.3) is 0 Å². The zero-order valence-electron chi connectivity index (χ0n) is 11.8. The summed E-state index contributed by atoms with van der Waals surface area (Å²) in [5.74, 6) is 0.666. The van der Waals surface area contributed by atoms with Gasteiger partial charge >= 0.3 is 0 Å². The third kappa shape index (κ3) is 3.28. The number of halogens is 1. The van der Waals surface area contributed by atoms with Crippen LogP contribution in [0.4, 0.5) is 15.8 Å². The summed E-state index contributed by atoms with van der Waals surface area (Å²) >= 11 is 0. The Morgan fingerprint density at radius 2 is 1.89 bits per heavy atom. The van der Waals surface area contributed by atoms with E-state index < -0.39 is 0 Å². The van der Waals surface area contributed by atoms with Crippen LogP contribution in [0.5, 0.6) is 5.75 Å². The molecule has 0 aliphatic rings. The normalized spacial score (nSPS) is 11.1. The van der Waals surface area contributed by atoms with Crippen molar-refractivity contribution in [2.75, 3.05) is 24.3 Å². The van der Waals surface area contributed by atoms with E-state index in [1.54, 1.807) is 6.07 Å². The fourth-order valence-corrected chi connectivity index (χ4v) is 1.94. The molecule has 0 unspecified atom stereocenters. The smallest absolute Gasteiger partial charge is 0.148 e. The van der Waals surface area contributed by atoms with Crippen molar-refractivity contribution >= 4 is 11.4 Å². The Bertz CT molecular complexity index is 405. The molecule has 0 radical (unpaired) electrons. The van der Waals surface area contributed by atoms with E-state index in [2.05, 4.69) is 13.8 Å². The summed E-state index contributed by atoms with van der Waals surface area (Å²) in [6.45, 7) is 9.11. The lowest BCUT2D eigenvalue weighted by molar-refractivity contribution is 0.415. The molecule has 1 rings (SSSR count). The first-order chi connectivity index (χ1) is 8.36. The number of nitrogens with zero attached hydrogens (tertiary/aromatic N) is 1. The van der Waals surface area contributed by atoms with E-state index >= 15 is 0 Å². The lowest BCUT2D eigenvalue weighted by Crippen LogP contribution is -2.34. The Morgan fingerprint density at radius 3 is 2.33 bits per heavy atom. The predicted molar refractivity (Wildman–Crippen MR) is 74.7 cm³/mol. The summed E-state index contributed by atoms with van der Waals surface area (Å²) in [6, 6.07) is 3.21. The van der Waals surface area contributed by atoms with Crippen LogP contribution in [0.2, 0.25) is 0 Å². The van der Waals surface area contributed by atoms with E-state index in [0.717, 1.165) is 6.54 Å². The Balaban J connectivity index is 3.18. The minimum Gasteiger partial charge on any atom is -0.495 e. The summed E-state index contributed by atoms with van der Waals surface area (Å²) in [4.78, 5) is 2.03. The van der Waals surface area contributed by atoms with Gasteiger partial charge in [0.2, 0.25) is 0 Å². The number of hydrogen-bond acceptors (Lipinski definition) is 3. The van der Waals surface area contributed by atoms with Gasteiger partial charge in [-0.15, -0.1) is 0 Å². The van der Waals surface area contributed by atoms with Crippen LogP contribution in [0.3, 0.4) is 0 Å². The van der Waals surface area contributed by atoms with E-state index in [4.69, 9.17) is 10.5 Å². The average molecular weight is 254 g/mol. The number of hydrogen-bond donors (Lipinski definition) is 1. The molecular weight excluding hydrogens is 231 g/mol. The number of nitrogen functional groups attached to an aromatic ring is 1. The fraction of sp³-hybridized carbons (Fsp3) is 0.571. The third-order valence-electron chi connectivity index (χ3n) is 2.79. The molecule has 3 nitrogen and oxygen atoms in total. The van der Waals surface area contributed by atoms with Crippen molar-refractivity contribution in [1.29, 1.82) is 0 Å². The Kier molecular flexibility index (Phi) is 4.82. The lowest BCUT2D eigenvalue weighted by Gasteiger charge is -2.31. The number of rotatable bonds is 5. The van der Waals surface area contributed by atoms with Crippen LogP contribution in [0.25, 0.3) is 0 Å². The highest BCUT2D eigenvalue weighted by molar-refractivity contribution is 5.63. The first-order valence-electron chi connectivity index (χ1n) is 6.26. The Labute approximate surface area is 109 Å². The summed E-state index contributed by atoms with van der Waals surface area (Å²) in [7, 11) is 1.54. The number of nitrogens with two attached hydrogens (primary N) is 1. The van der Waals surface area contributed by atoms with Gasteiger partial charge in [0.15, 0.2) is 0 Å². The Hall–Kier alpha value is -1.45. The number of benzene rings is 1. The van der Waals surface area contributed by atoms with Crippen LogP contribution in [-0.2, 0) is 0 Å². The molecule has 4 heteroatoms. The van der Waals surface area contributed by atoms with Crippen molar-refractivity contribution in [2.45, 2.75) is 33.7 Å². The van der Waals surface area contributed by atoms with Crippen molar-refractivity contribution in [3.8, 4) is 5.75 Å². The van der Waals surface area contributed by atoms with Crippen molar-refractivity contribution in [1.82, 2.24) is 0 Å². The van der Waals surface area contributed by atoms with Crippen LogP contribution >= 0.6 is 0 Å². The van der Waals surface area contributed by atoms with E-state index in [9.17, 15) is 4.39 Å². The lowest BCUT2D eigenvalue weighted by atomic mass is 10.1. The number of anilines is 2. The summed E-state index contributed by atoms with van der Waals surface area (Å²) in [6.07, 6.45) is 0. The molecule has 0 heterocycles. The second kappa shape index (κ2) is 5.94. The number of methoxy groups -OCH3 is 1. The van der Waals surface area contributed by atoms with Gasteiger partial charge in [-0.1, -0.05) is 13.8 Å². The molecule has 0 spiro atoms. The molecule has 1 aromatic carbocycles. The van der Waals surface area contributed by atoms with Gasteiger partial charge in [0, 0.05) is 24.7 Å². The predicted octanol–water partition coefficient (Wildman–Crippen LogP) is 3.29. The van der Waals surface area contributed by atoms with Crippen LogP contribution < -0.4 is 15.4 Å². The molecule has 0 fully saturated rings. The van der Waals surface area contributed by atoms with Crippen LogP contribution in [0, 0.1) is 11.7 Å². The van der Waals surface area contributed by atoms with Crippen LogP contribution in [-0.4, -0.2) is 19.7 Å². The average Bonchev–Trinajstić information content (AvgIpc) is 2.26. The molecule has 102 valence electrons. The quantitative estimate of drug-likeness (QED) is 0.819. The van der Waals surface area contributed by atoms with Gasteiger partial charge < -0.3 is 15.4 Å². The highest BCUT2D eigenvalue weighted by atomic mass is 19.1. The van der Waals surface area contributed by atoms with E-state index in [0.29, 0.717) is 23.0 Å². The summed E-state index contributed by atoms with van der Waals surface area (Å²) in [5.41, 5.74) is 6.57. The number of ether oxygens (including phenoxy) is 1. The highest BCUT2D eigenvalue weighted by Gasteiger charge is 2.18. The van der Waals surface area contributed by atoms with Crippen molar-refractivity contribution < 1.29 is 9.13 Å². The SMILES string of the molecule is COc1cc(N(CC(C)C)C(C)C)c(F)cc1N. The largest absolute Gasteiger partial charge is 0.495 e. The molecule has 0 aliphatic heterocycles. The first kappa shape index (κ1) is 14.6. The van der Waals surface area contributed by atoms with Gasteiger partial charge in [-0.2, -0.15) is 0 Å². The molecule has 0 atom stereocenters. The molecule has 0 saturated heterocycles. The first-order valence-corrected chi connectivity index (χ1v) is 6.26. The summed E-state index contributed by atoms with van der Waals surface area (Å²) < 4.78 is 19.2. The molecule has 2 N–H and O–H groups in total. The third-order valence-corrected chi connectivity index (χ3v) is 2.79. The zero-order valence-corrected chi connectivity index (χ0v) is 11.8. The van der Waals surface area contributed by atoms with Crippen molar-refractivity contribution in [3.05, 3.63) is 17.9 Å². The molecule has 0 aliphatic carbocycles. The van der Waals surface area contributed by atoms with E-state index in [1.165, 1.54) is 13.2 Å². The maximum absolute atomic E-state index is 14.1. The molecule has 0 bridgehead atoms. The molecule has 1 aromatic rings. The molecule has 0 saturated carbocycles.